The molecule has 1 aromatic rings. The number of aryl methyl sites for hydroxylation is 1. The molecule has 7 nitrogen and oxygen atoms in total. The molecule has 1 aromatic heterocycles. The Labute approximate surface area is 190 Å². The quantitative estimate of drug-likeness (QED) is 0.605. The van der Waals surface area contributed by atoms with Gasteiger partial charge in [-0.05, 0) is 76.3 Å². The van der Waals surface area contributed by atoms with Crippen LogP contribution in [0, 0.1) is 24.7 Å². The molecule has 4 fully saturated rings. The first kappa shape index (κ1) is 22.5. The van der Waals surface area contributed by atoms with Crippen LogP contribution < -0.4 is 10.6 Å². The second kappa shape index (κ2) is 9.45. The first-order chi connectivity index (χ1) is 14.9. The van der Waals surface area contributed by atoms with Crippen molar-refractivity contribution in [2.45, 2.75) is 64.8 Å². The van der Waals surface area contributed by atoms with Gasteiger partial charge in [-0.25, -0.2) is 9.78 Å². The first-order valence-electron chi connectivity index (χ1n) is 11.9. The minimum absolute atomic E-state index is 0.0534. The predicted octanol–water partition coefficient (Wildman–Crippen LogP) is 3.71. The summed E-state index contributed by atoms with van der Waals surface area (Å²) in [6.45, 7) is 9.40. The normalized spacial score (nSPS) is 28.7. The van der Waals surface area contributed by atoms with E-state index in [-0.39, 0.29) is 24.0 Å². The molecule has 0 aliphatic heterocycles. The van der Waals surface area contributed by atoms with Gasteiger partial charge in [-0.15, -0.1) is 11.3 Å². The lowest BCUT2D eigenvalue weighted by molar-refractivity contribution is -0.116. The Kier molecular flexibility index (Phi) is 6.86. The number of urea groups is 1. The summed E-state index contributed by atoms with van der Waals surface area (Å²) in [6.07, 6.45) is 7.36. The number of anilines is 1. The average Bonchev–Trinajstić information content (AvgIpc) is 3.10. The van der Waals surface area contributed by atoms with E-state index in [1.807, 2.05) is 12.3 Å². The van der Waals surface area contributed by atoms with E-state index in [9.17, 15) is 9.59 Å². The van der Waals surface area contributed by atoms with Crippen molar-refractivity contribution < 1.29 is 9.59 Å². The first-order valence-corrected chi connectivity index (χ1v) is 12.8. The third-order valence-electron chi connectivity index (χ3n) is 7.48. The summed E-state index contributed by atoms with van der Waals surface area (Å²) < 4.78 is 0. The Balaban J connectivity index is 1.41. The number of hydrogen-bond acceptors (Lipinski definition) is 5. The molecule has 0 atom stereocenters. The van der Waals surface area contributed by atoms with Gasteiger partial charge in [0.05, 0.1) is 5.69 Å². The Morgan fingerprint density at radius 3 is 2.23 bits per heavy atom. The number of likely N-dealkylation sites (N-methyl/N-ethyl adjacent to an activating group) is 1. The van der Waals surface area contributed by atoms with E-state index < -0.39 is 0 Å². The van der Waals surface area contributed by atoms with Crippen LogP contribution in [0.25, 0.3) is 0 Å². The molecule has 0 aromatic carbocycles. The average molecular weight is 448 g/mol. The van der Waals surface area contributed by atoms with E-state index >= 15 is 0 Å². The van der Waals surface area contributed by atoms with Crippen LogP contribution in [0.2, 0.25) is 0 Å². The van der Waals surface area contributed by atoms with Crippen LogP contribution in [0.15, 0.2) is 5.38 Å². The number of amides is 3. The van der Waals surface area contributed by atoms with Crippen molar-refractivity contribution in [2.75, 3.05) is 38.0 Å². The topological polar surface area (TPSA) is 77.6 Å². The van der Waals surface area contributed by atoms with Crippen LogP contribution in [-0.2, 0) is 4.79 Å². The fourth-order valence-electron chi connectivity index (χ4n) is 6.37. The van der Waals surface area contributed by atoms with E-state index in [0.717, 1.165) is 62.3 Å². The Bertz CT molecular complexity index is 755. The lowest BCUT2D eigenvalue weighted by Gasteiger charge is -2.57. The Morgan fingerprint density at radius 2 is 1.71 bits per heavy atom. The lowest BCUT2D eigenvalue weighted by atomic mass is 9.53. The van der Waals surface area contributed by atoms with Gasteiger partial charge in [0.1, 0.15) is 6.54 Å². The summed E-state index contributed by atoms with van der Waals surface area (Å²) in [5.74, 6) is 2.13. The third kappa shape index (κ3) is 5.40. The number of nitrogens with one attached hydrogen (secondary N) is 2. The molecule has 172 valence electrons. The van der Waals surface area contributed by atoms with Crippen molar-refractivity contribution in [3.8, 4) is 0 Å². The van der Waals surface area contributed by atoms with Gasteiger partial charge in [0.2, 0.25) is 5.91 Å². The standard InChI is InChI=1S/C23H37N5O2S/c1-4-27(5-2)6-7-28(14-20(29)25-21-24-16(3)15-31-21)22(30)26-23-11-17-8-18(12-23)10-19(9-17)13-23/h15,17-19H,4-14H2,1-3H3,(H,26,30)(H,24,25,29). The van der Waals surface area contributed by atoms with Gasteiger partial charge < -0.3 is 20.4 Å². The van der Waals surface area contributed by atoms with Crippen LogP contribution in [0.1, 0.15) is 58.1 Å². The molecule has 8 heteroatoms. The molecule has 2 N–H and O–H groups in total. The number of nitrogens with zero attached hydrogens (tertiary/aromatic N) is 3. The van der Waals surface area contributed by atoms with Gasteiger partial charge in [0, 0.05) is 24.0 Å². The molecule has 5 rings (SSSR count). The highest BCUT2D eigenvalue weighted by atomic mass is 32.1. The maximum atomic E-state index is 13.4. The summed E-state index contributed by atoms with van der Waals surface area (Å²) in [4.78, 5) is 34.4. The van der Waals surface area contributed by atoms with Crippen LogP contribution in [0.3, 0.4) is 0 Å². The predicted molar refractivity (Wildman–Crippen MR) is 124 cm³/mol. The van der Waals surface area contributed by atoms with Crippen molar-refractivity contribution in [1.29, 1.82) is 0 Å². The van der Waals surface area contributed by atoms with Crippen molar-refractivity contribution in [2.24, 2.45) is 17.8 Å². The van der Waals surface area contributed by atoms with Crippen LogP contribution >= 0.6 is 11.3 Å². The van der Waals surface area contributed by atoms with Gasteiger partial charge in [0.25, 0.3) is 0 Å². The molecule has 4 aliphatic rings. The zero-order valence-corrected chi connectivity index (χ0v) is 20.0. The SMILES string of the molecule is CCN(CC)CCN(CC(=O)Nc1nc(C)cs1)C(=O)NC12CC3CC(CC(C3)C1)C2. The molecular weight excluding hydrogens is 410 g/mol. The number of hydrogen-bond donors (Lipinski definition) is 2. The van der Waals surface area contributed by atoms with Crippen molar-refractivity contribution >= 4 is 28.4 Å². The smallest absolute Gasteiger partial charge is 0.318 e. The van der Waals surface area contributed by atoms with Gasteiger partial charge in [-0.2, -0.15) is 0 Å². The zero-order valence-electron chi connectivity index (χ0n) is 19.2. The largest absolute Gasteiger partial charge is 0.333 e. The van der Waals surface area contributed by atoms with Gasteiger partial charge in [-0.1, -0.05) is 13.8 Å². The van der Waals surface area contributed by atoms with Crippen LogP contribution in [0.5, 0.6) is 0 Å². The highest BCUT2D eigenvalue weighted by Gasteiger charge is 2.51. The number of rotatable bonds is 9. The molecule has 4 bridgehead atoms. The zero-order chi connectivity index (χ0) is 22.0. The minimum atomic E-state index is -0.186. The third-order valence-corrected chi connectivity index (χ3v) is 8.35. The highest BCUT2D eigenvalue weighted by molar-refractivity contribution is 7.13. The van der Waals surface area contributed by atoms with Crippen LogP contribution in [0.4, 0.5) is 9.93 Å². The van der Waals surface area contributed by atoms with E-state index in [1.54, 1.807) is 4.90 Å². The Hall–Kier alpha value is -1.67. The van der Waals surface area contributed by atoms with Gasteiger partial charge in [0.15, 0.2) is 5.13 Å². The van der Waals surface area contributed by atoms with Gasteiger partial charge in [-0.3, -0.25) is 4.79 Å². The number of carbonyl (C=O) groups excluding carboxylic acids is 2. The summed E-state index contributed by atoms with van der Waals surface area (Å²) >= 11 is 1.41. The fourth-order valence-corrected chi connectivity index (χ4v) is 7.07. The maximum Gasteiger partial charge on any atom is 0.318 e. The molecule has 4 saturated carbocycles. The summed E-state index contributed by atoms with van der Waals surface area (Å²) in [5.41, 5.74) is 0.834. The summed E-state index contributed by atoms with van der Waals surface area (Å²) in [7, 11) is 0. The molecule has 31 heavy (non-hydrogen) atoms. The summed E-state index contributed by atoms with van der Waals surface area (Å²) in [5, 5.41) is 8.79. The van der Waals surface area contributed by atoms with E-state index in [0.29, 0.717) is 11.7 Å². The molecule has 0 radical (unpaired) electrons. The molecule has 4 aliphatic carbocycles. The summed E-state index contributed by atoms with van der Waals surface area (Å²) in [6, 6.07) is -0.0837. The van der Waals surface area contributed by atoms with Crippen LogP contribution in [-0.4, -0.2) is 65.0 Å². The fraction of sp³-hybridized carbons (Fsp3) is 0.783. The molecule has 1 heterocycles. The van der Waals surface area contributed by atoms with Crippen molar-refractivity contribution in [1.82, 2.24) is 20.1 Å². The molecule has 0 unspecified atom stereocenters. The second-order valence-corrected chi connectivity index (χ2v) is 10.8. The van der Waals surface area contributed by atoms with E-state index in [2.05, 4.69) is 34.4 Å². The van der Waals surface area contributed by atoms with Crippen molar-refractivity contribution in [3.63, 3.8) is 0 Å². The second-order valence-electron chi connectivity index (χ2n) is 9.92. The molecule has 0 saturated heterocycles. The molecular formula is C23H37N5O2S. The molecule has 3 amide bonds. The van der Waals surface area contributed by atoms with E-state index in [1.165, 1.54) is 30.6 Å². The van der Waals surface area contributed by atoms with Gasteiger partial charge >= 0.3 is 6.03 Å². The molecule has 0 spiro atoms. The number of thiazole rings is 1. The Morgan fingerprint density at radius 1 is 1.10 bits per heavy atom. The monoisotopic (exact) mass is 447 g/mol. The number of carbonyl (C=O) groups is 2. The minimum Gasteiger partial charge on any atom is -0.333 e. The van der Waals surface area contributed by atoms with Crippen molar-refractivity contribution in [3.05, 3.63) is 11.1 Å². The maximum absolute atomic E-state index is 13.4. The highest BCUT2D eigenvalue weighted by Crippen LogP contribution is 2.55. The number of aromatic nitrogens is 1. The van der Waals surface area contributed by atoms with E-state index in [4.69, 9.17) is 0 Å². The lowest BCUT2D eigenvalue weighted by Crippen LogP contribution is -2.62.